The topological polar surface area (TPSA) is 21.3 Å². The molecule has 18 heavy (non-hydrogen) atoms. The van der Waals surface area contributed by atoms with Crippen LogP contribution in [0.4, 0.5) is 4.39 Å². The summed E-state index contributed by atoms with van der Waals surface area (Å²) in [7, 11) is 0. The average Bonchev–Trinajstić information content (AvgIpc) is 3.09. The fourth-order valence-electron chi connectivity index (χ4n) is 1.69. The van der Waals surface area contributed by atoms with Crippen LogP contribution in [-0.2, 0) is 17.9 Å². The zero-order valence-electron chi connectivity index (χ0n) is 11.4. The molecule has 0 radical (unpaired) electrons. The van der Waals surface area contributed by atoms with Gasteiger partial charge in [-0.15, -0.1) is 0 Å². The van der Waals surface area contributed by atoms with Crippen LogP contribution in [0.5, 0.6) is 0 Å². The van der Waals surface area contributed by atoms with Crippen LogP contribution in [0.2, 0.25) is 0 Å². The zero-order chi connectivity index (χ0) is 13.2. The SMILES string of the molecule is CC(C)(C)OCc1cc(CNC2CC2)ccc1F. The van der Waals surface area contributed by atoms with Crippen LogP contribution in [0.1, 0.15) is 44.7 Å². The Morgan fingerprint density at radius 2 is 2.06 bits per heavy atom. The second-order valence-corrected chi connectivity index (χ2v) is 5.98. The highest BCUT2D eigenvalue weighted by atomic mass is 19.1. The number of ether oxygens (including phenoxy) is 1. The molecule has 0 amide bonds. The highest BCUT2D eigenvalue weighted by Crippen LogP contribution is 2.20. The zero-order valence-corrected chi connectivity index (χ0v) is 11.4. The van der Waals surface area contributed by atoms with E-state index in [2.05, 4.69) is 5.32 Å². The molecule has 0 aromatic heterocycles. The molecule has 1 aromatic carbocycles. The maximum Gasteiger partial charge on any atom is 0.128 e. The van der Waals surface area contributed by atoms with Gasteiger partial charge in [-0.25, -0.2) is 4.39 Å². The predicted octanol–water partition coefficient (Wildman–Crippen LogP) is 3.39. The quantitative estimate of drug-likeness (QED) is 0.866. The Bertz CT molecular complexity index is 407. The lowest BCUT2D eigenvalue weighted by Gasteiger charge is -2.20. The van der Waals surface area contributed by atoms with Crippen LogP contribution < -0.4 is 5.32 Å². The maximum atomic E-state index is 13.7. The first-order valence-corrected chi connectivity index (χ1v) is 6.59. The summed E-state index contributed by atoms with van der Waals surface area (Å²) in [6.45, 7) is 7.07. The second-order valence-electron chi connectivity index (χ2n) is 5.98. The summed E-state index contributed by atoms with van der Waals surface area (Å²) < 4.78 is 19.3. The monoisotopic (exact) mass is 251 g/mol. The van der Waals surface area contributed by atoms with Gasteiger partial charge < -0.3 is 10.1 Å². The molecule has 1 aliphatic rings. The van der Waals surface area contributed by atoms with Crippen molar-refractivity contribution in [3.8, 4) is 0 Å². The third-order valence-corrected chi connectivity index (χ3v) is 2.94. The molecule has 1 fully saturated rings. The van der Waals surface area contributed by atoms with Gasteiger partial charge in [-0.05, 0) is 51.3 Å². The van der Waals surface area contributed by atoms with Crippen molar-refractivity contribution in [3.05, 3.63) is 35.1 Å². The molecule has 2 nitrogen and oxygen atoms in total. The van der Waals surface area contributed by atoms with Gasteiger partial charge >= 0.3 is 0 Å². The van der Waals surface area contributed by atoms with Crippen molar-refractivity contribution < 1.29 is 9.13 Å². The number of halogens is 1. The lowest BCUT2D eigenvalue weighted by atomic mass is 10.1. The van der Waals surface area contributed by atoms with Crippen molar-refractivity contribution in [1.29, 1.82) is 0 Å². The molecule has 1 N–H and O–H groups in total. The molecular formula is C15H22FNO. The third kappa shape index (κ3) is 4.39. The molecular weight excluding hydrogens is 229 g/mol. The van der Waals surface area contributed by atoms with E-state index in [1.54, 1.807) is 0 Å². The summed E-state index contributed by atoms with van der Waals surface area (Å²) in [6.07, 6.45) is 2.53. The van der Waals surface area contributed by atoms with Gasteiger partial charge in [0.05, 0.1) is 12.2 Å². The predicted molar refractivity (Wildman–Crippen MR) is 70.8 cm³/mol. The average molecular weight is 251 g/mol. The van der Waals surface area contributed by atoms with Crippen LogP contribution in [0.3, 0.4) is 0 Å². The van der Waals surface area contributed by atoms with Gasteiger partial charge in [0, 0.05) is 18.2 Å². The summed E-state index contributed by atoms with van der Waals surface area (Å²) in [5, 5.41) is 3.43. The van der Waals surface area contributed by atoms with E-state index in [-0.39, 0.29) is 11.4 Å². The minimum absolute atomic E-state index is 0.186. The summed E-state index contributed by atoms with van der Waals surface area (Å²) in [6, 6.07) is 5.94. The van der Waals surface area contributed by atoms with Gasteiger partial charge in [0.1, 0.15) is 5.82 Å². The van der Waals surface area contributed by atoms with E-state index in [1.165, 1.54) is 18.9 Å². The fourth-order valence-corrected chi connectivity index (χ4v) is 1.69. The van der Waals surface area contributed by atoms with Crippen molar-refractivity contribution in [1.82, 2.24) is 5.32 Å². The van der Waals surface area contributed by atoms with E-state index in [1.807, 2.05) is 32.9 Å². The highest BCUT2D eigenvalue weighted by Gasteiger charge is 2.20. The molecule has 1 aliphatic carbocycles. The highest BCUT2D eigenvalue weighted by molar-refractivity contribution is 5.24. The van der Waals surface area contributed by atoms with Gasteiger partial charge in [0.2, 0.25) is 0 Å². The molecule has 100 valence electrons. The Balaban J connectivity index is 1.96. The Labute approximate surface area is 109 Å². The van der Waals surface area contributed by atoms with E-state index >= 15 is 0 Å². The van der Waals surface area contributed by atoms with Crippen molar-refractivity contribution in [2.75, 3.05) is 0 Å². The van der Waals surface area contributed by atoms with E-state index in [4.69, 9.17) is 4.74 Å². The Hall–Kier alpha value is -0.930. The standard InChI is InChI=1S/C15H22FNO/c1-15(2,3)18-10-12-8-11(4-7-14(12)16)9-17-13-5-6-13/h4,7-8,13,17H,5-6,9-10H2,1-3H3. The number of hydrogen-bond acceptors (Lipinski definition) is 2. The van der Waals surface area contributed by atoms with E-state index in [0.717, 1.165) is 12.1 Å². The Kier molecular flexibility index (Phi) is 4.03. The third-order valence-electron chi connectivity index (χ3n) is 2.94. The van der Waals surface area contributed by atoms with Gasteiger partial charge in [0.25, 0.3) is 0 Å². The molecule has 0 heterocycles. The maximum absolute atomic E-state index is 13.7. The van der Waals surface area contributed by atoms with Crippen molar-refractivity contribution in [2.45, 2.75) is 58.4 Å². The molecule has 2 rings (SSSR count). The molecule has 0 spiro atoms. The second kappa shape index (κ2) is 5.37. The van der Waals surface area contributed by atoms with Gasteiger partial charge in [-0.1, -0.05) is 6.07 Å². The summed E-state index contributed by atoms with van der Waals surface area (Å²) >= 11 is 0. The largest absolute Gasteiger partial charge is 0.371 e. The molecule has 0 atom stereocenters. The molecule has 0 unspecified atom stereocenters. The summed E-state index contributed by atoms with van der Waals surface area (Å²) in [4.78, 5) is 0. The summed E-state index contributed by atoms with van der Waals surface area (Å²) in [5.41, 5.74) is 1.52. The molecule has 0 bridgehead atoms. The lowest BCUT2D eigenvalue weighted by Crippen LogP contribution is -2.19. The number of nitrogens with one attached hydrogen (secondary N) is 1. The van der Waals surface area contributed by atoms with Gasteiger partial charge in [0.15, 0.2) is 0 Å². The van der Waals surface area contributed by atoms with Crippen LogP contribution in [0.15, 0.2) is 18.2 Å². The van der Waals surface area contributed by atoms with Gasteiger partial charge in [-0.3, -0.25) is 0 Å². The lowest BCUT2D eigenvalue weighted by molar-refractivity contribution is -0.0161. The minimum atomic E-state index is -0.241. The number of benzene rings is 1. The fraction of sp³-hybridized carbons (Fsp3) is 0.600. The smallest absolute Gasteiger partial charge is 0.128 e. The first kappa shape index (κ1) is 13.5. The van der Waals surface area contributed by atoms with Crippen LogP contribution in [0.25, 0.3) is 0 Å². The molecule has 1 saturated carbocycles. The van der Waals surface area contributed by atoms with E-state index in [0.29, 0.717) is 18.2 Å². The van der Waals surface area contributed by atoms with Crippen molar-refractivity contribution in [2.24, 2.45) is 0 Å². The normalized spacial score (nSPS) is 16.0. The first-order chi connectivity index (χ1) is 8.44. The van der Waals surface area contributed by atoms with Crippen molar-refractivity contribution >= 4 is 0 Å². The van der Waals surface area contributed by atoms with Crippen molar-refractivity contribution in [3.63, 3.8) is 0 Å². The Morgan fingerprint density at radius 1 is 1.33 bits per heavy atom. The van der Waals surface area contributed by atoms with Gasteiger partial charge in [-0.2, -0.15) is 0 Å². The first-order valence-electron chi connectivity index (χ1n) is 6.59. The van der Waals surface area contributed by atoms with Crippen LogP contribution in [0, 0.1) is 5.82 Å². The molecule has 0 aliphatic heterocycles. The van der Waals surface area contributed by atoms with Crippen LogP contribution in [-0.4, -0.2) is 11.6 Å². The molecule has 0 saturated heterocycles. The summed E-state index contributed by atoms with van der Waals surface area (Å²) in [5.74, 6) is -0.186. The Morgan fingerprint density at radius 3 is 2.67 bits per heavy atom. The minimum Gasteiger partial charge on any atom is -0.371 e. The van der Waals surface area contributed by atoms with E-state index < -0.39 is 0 Å². The van der Waals surface area contributed by atoms with Crippen LogP contribution >= 0.6 is 0 Å². The molecule has 3 heteroatoms. The van der Waals surface area contributed by atoms with E-state index in [9.17, 15) is 4.39 Å². The number of hydrogen-bond donors (Lipinski definition) is 1. The molecule has 1 aromatic rings. The number of rotatable bonds is 5.